The highest BCUT2D eigenvalue weighted by Gasteiger charge is 2.33. The molecule has 3 nitrogen and oxygen atoms in total. The van der Waals surface area contributed by atoms with Crippen molar-refractivity contribution in [3.63, 3.8) is 0 Å². The highest BCUT2D eigenvalue weighted by Crippen LogP contribution is 2.32. The van der Waals surface area contributed by atoms with Gasteiger partial charge >= 0.3 is 6.18 Å². The van der Waals surface area contributed by atoms with Gasteiger partial charge in [0.05, 0.1) is 5.69 Å². The van der Waals surface area contributed by atoms with Crippen molar-refractivity contribution in [1.29, 1.82) is 0 Å². The van der Waals surface area contributed by atoms with E-state index >= 15 is 0 Å². The summed E-state index contributed by atoms with van der Waals surface area (Å²) in [4.78, 5) is 5.21. The maximum atomic E-state index is 12.6. The van der Waals surface area contributed by atoms with E-state index in [4.69, 9.17) is 0 Å². The molecule has 0 aliphatic carbocycles. The summed E-state index contributed by atoms with van der Waals surface area (Å²) in [5, 5.41) is 7.65. The second-order valence-corrected chi connectivity index (χ2v) is 5.47. The zero-order valence-corrected chi connectivity index (χ0v) is 11.7. The summed E-state index contributed by atoms with van der Waals surface area (Å²) in [7, 11) is 0. The molecule has 0 fully saturated rings. The first-order valence-electron chi connectivity index (χ1n) is 6.08. The van der Waals surface area contributed by atoms with Crippen LogP contribution in [0.25, 0.3) is 21.8 Å². The number of hydrogen-bond donors (Lipinski definition) is 1. The molecule has 0 aliphatic heterocycles. The van der Waals surface area contributed by atoms with Gasteiger partial charge in [0, 0.05) is 11.1 Å². The van der Waals surface area contributed by atoms with E-state index in [0.29, 0.717) is 5.69 Å². The molecule has 0 aliphatic rings. The Balaban J connectivity index is 2.04. The molecule has 3 rings (SSSR count). The van der Waals surface area contributed by atoms with Crippen molar-refractivity contribution in [3.8, 4) is 21.8 Å². The van der Waals surface area contributed by atoms with Gasteiger partial charge < -0.3 is 0 Å². The van der Waals surface area contributed by atoms with Gasteiger partial charge in [-0.05, 0) is 41.6 Å². The summed E-state index contributed by atoms with van der Waals surface area (Å²) in [6.45, 7) is 1.91. The fraction of sp³-hybridized carbons (Fsp3) is 0.143. The van der Waals surface area contributed by atoms with E-state index in [1.807, 2.05) is 29.5 Å². The van der Waals surface area contributed by atoms with Gasteiger partial charge in [0.25, 0.3) is 0 Å². The van der Waals surface area contributed by atoms with E-state index in [2.05, 4.69) is 10.1 Å². The quantitative estimate of drug-likeness (QED) is 0.756. The van der Waals surface area contributed by atoms with E-state index in [9.17, 15) is 13.2 Å². The van der Waals surface area contributed by atoms with Gasteiger partial charge in [0.15, 0.2) is 0 Å². The second-order valence-electron chi connectivity index (χ2n) is 4.53. The number of halogens is 3. The van der Waals surface area contributed by atoms with Crippen LogP contribution in [0.15, 0.2) is 35.8 Å². The molecule has 1 N–H and O–H groups in total. The van der Waals surface area contributed by atoms with Crippen LogP contribution in [-0.4, -0.2) is 15.2 Å². The molecule has 0 unspecified atom stereocenters. The van der Waals surface area contributed by atoms with Crippen LogP contribution in [0.5, 0.6) is 0 Å². The van der Waals surface area contributed by atoms with Crippen LogP contribution >= 0.6 is 11.3 Å². The Morgan fingerprint density at radius 1 is 1.19 bits per heavy atom. The van der Waals surface area contributed by atoms with Crippen LogP contribution in [0.4, 0.5) is 13.2 Å². The lowest BCUT2D eigenvalue weighted by Crippen LogP contribution is -2.04. The van der Waals surface area contributed by atoms with E-state index in [1.54, 1.807) is 23.6 Å². The number of thiophene rings is 1. The first-order valence-corrected chi connectivity index (χ1v) is 6.96. The number of H-pyrrole nitrogens is 1. The summed E-state index contributed by atoms with van der Waals surface area (Å²) in [5.41, 5.74) is 1.63. The molecule has 3 aromatic heterocycles. The lowest BCUT2D eigenvalue weighted by Gasteiger charge is -2.05. The van der Waals surface area contributed by atoms with Gasteiger partial charge in [-0.25, -0.2) is 0 Å². The molecule has 0 amide bonds. The Kier molecular flexibility index (Phi) is 3.29. The number of aromatic amines is 1. The molecule has 0 saturated heterocycles. The first kappa shape index (κ1) is 13.8. The Morgan fingerprint density at radius 3 is 2.62 bits per heavy atom. The van der Waals surface area contributed by atoms with Crippen molar-refractivity contribution in [2.24, 2.45) is 0 Å². The average Bonchev–Trinajstić information content (AvgIpc) is 3.10. The molecule has 0 saturated carbocycles. The maximum absolute atomic E-state index is 12.6. The molecule has 0 aromatic carbocycles. The number of rotatable bonds is 2. The van der Waals surface area contributed by atoms with Crippen LogP contribution in [0.3, 0.4) is 0 Å². The summed E-state index contributed by atoms with van der Waals surface area (Å²) in [5.74, 6) is 0. The van der Waals surface area contributed by atoms with E-state index in [0.717, 1.165) is 22.1 Å². The maximum Gasteiger partial charge on any atom is 0.432 e. The SMILES string of the molecule is Cc1cnc(-c2cc(C(F)(F)F)[nH]n2)cc1-c1cccs1. The molecule has 21 heavy (non-hydrogen) atoms. The van der Waals surface area contributed by atoms with Crippen LogP contribution < -0.4 is 0 Å². The van der Waals surface area contributed by atoms with Gasteiger partial charge in [-0.15, -0.1) is 11.3 Å². The highest BCUT2D eigenvalue weighted by molar-refractivity contribution is 7.13. The average molecular weight is 309 g/mol. The second kappa shape index (κ2) is 5.00. The molecule has 0 bridgehead atoms. The van der Waals surface area contributed by atoms with Crippen molar-refractivity contribution in [3.05, 3.63) is 47.1 Å². The summed E-state index contributed by atoms with van der Waals surface area (Å²) < 4.78 is 37.8. The Morgan fingerprint density at radius 2 is 2.00 bits per heavy atom. The first-order chi connectivity index (χ1) is 9.95. The smallest absolute Gasteiger partial charge is 0.273 e. The molecular formula is C14H10F3N3S. The summed E-state index contributed by atoms with van der Waals surface area (Å²) >= 11 is 1.57. The Labute approximate surface area is 122 Å². The van der Waals surface area contributed by atoms with Crippen molar-refractivity contribution in [1.82, 2.24) is 15.2 Å². The number of aryl methyl sites for hydroxylation is 1. The van der Waals surface area contributed by atoms with Crippen LogP contribution in [0, 0.1) is 6.92 Å². The topological polar surface area (TPSA) is 41.6 Å². The molecule has 108 valence electrons. The van der Waals surface area contributed by atoms with Gasteiger partial charge in [-0.1, -0.05) is 6.07 Å². The van der Waals surface area contributed by atoms with E-state index < -0.39 is 11.9 Å². The predicted molar refractivity (Wildman–Crippen MR) is 74.9 cm³/mol. The third-order valence-electron chi connectivity index (χ3n) is 3.04. The minimum atomic E-state index is -4.44. The number of hydrogen-bond acceptors (Lipinski definition) is 3. The zero-order chi connectivity index (χ0) is 15.0. The normalized spacial score (nSPS) is 11.8. The molecule has 7 heteroatoms. The molecule has 0 spiro atoms. The van der Waals surface area contributed by atoms with Gasteiger partial charge in [-0.3, -0.25) is 10.1 Å². The summed E-state index contributed by atoms with van der Waals surface area (Å²) in [6, 6.07) is 6.62. The summed E-state index contributed by atoms with van der Waals surface area (Å²) in [6.07, 6.45) is -2.79. The lowest BCUT2D eigenvalue weighted by atomic mass is 10.1. The predicted octanol–water partition coefficient (Wildman–Crippen LogP) is 4.53. The molecule has 3 aromatic rings. The lowest BCUT2D eigenvalue weighted by molar-refractivity contribution is -0.141. The fourth-order valence-electron chi connectivity index (χ4n) is 1.96. The van der Waals surface area contributed by atoms with Gasteiger partial charge in [0.2, 0.25) is 0 Å². The van der Waals surface area contributed by atoms with Crippen LogP contribution in [0.2, 0.25) is 0 Å². The van der Waals surface area contributed by atoms with E-state index in [1.165, 1.54) is 0 Å². The van der Waals surface area contributed by atoms with Crippen molar-refractivity contribution in [2.45, 2.75) is 13.1 Å². The number of aromatic nitrogens is 3. The third kappa shape index (κ3) is 2.69. The highest BCUT2D eigenvalue weighted by atomic mass is 32.1. The minimum Gasteiger partial charge on any atom is -0.273 e. The minimum absolute atomic E-state index is 0.181. The number of pyridine rings is 1. The third-order valence-corrected chi connectivity index (χ3v) is 3.94. The van der Waals surface area contributed by atoms with Gasteiger partial charge in [0.1, 0.15) is 11.4 Å². The molecule has 0 atom stereocenters. The number of nitrogens with zero attached hydrogens (tertiary/aromatic N) is 2. The van der Waals surface area contributed by atoms with E-state index in [-0.39, 0.29) is 5.69 Å². The van der Waals surface area contributed by atoms with Crippen molar-refractivity contribution in [2.75, 3.05) is 0 Å². The number of nitrogens with one attached hydrogen (secondary N) is 1. The molecule has 0 radical (unpaired) electrons. The Hall–Kier alpha value is -2.15. The monoisotopic (exact) mass is 309 g/mol. The van der Waals surface area contributed by atoms with Crippen LogP contribution in [0.1, 0.15) is 11.3 Å². The van der Waals surface area contributed by atoms with Crippen molar-refractivity contribution >= 4 is 11.3 Å². The largest absolute Gasteiger partial charge is 0.432 e. The van der Waals surface area contributed by atoms with Gasteiger partial charge in [-0.2, -0.15) is 18.3 Å². The number of alkyl halides is 3. The van der Waals surface area contributed by atoms with Crippen molar-refractivity contribution < 1.29 is 13.2 Å². The molecule has 3 heterocycles. The molecular weight excluding hydrogens is 299 g/mol. The fourth-order valence-corrected chi connectivity index (χ4v) is 2.77. The zero-order valence-electron chi connectivity index (χ0n) is 10.9. The standard InChI is InChI=1S/C14H10F3N3S/c1-8-7-18-10(5-9(8)12-3-2-4-21-12)11-6-13(20-19-11)14(15,16)17/h2-7H,1H3,(H,19,20). The van der Waals surface area contributed by atoms with Crippen LogP contribution in [-0.2, 0) is 6.18 Å². The Bertz CT molecular complexity index is 760.